The maximum atomic E-state index is 12.3. The number of nitrogens with one attached hydrogen (secondary N) is 4. The summed E-state index contributed by atoms with van der Waals surface area (Å²) in [5, 5.41) is 37.7. The molecule has 4 amide bonds. The van der Waals surface area contributed by atoms with Gasteiger partial charge in [0.1, 0.15) is 18.7 Å². The normalized spacial score (nSPS) is 12.0. The van der Waals surface area contributed by atoms with Crippen LogP contribution in [0.3, 0.4) is 0 Å². The van der Waals surface area contributed by atoms with Crippen LogP contribution in [0.2, 0.25) is 0 Å². The third kappa shape index (κ3) is 31.7. The van der Waals surface area contributed by atoms with Crippen LogP contribution in [0.25, 0.3) is 0 Å². The van der Waals surface area contributed by atoms with Crippen molar-refractivity contribution in [2.24, 2.45) is 0 Å². The summed E-state index contributed by atoms with van der Waals surface area (Å²) >= 11 is 1.95. The van der Waals surface area contributed by atoms with E-state index in [1.807, 2.05) is 22.6 Å². The average molecular weight is 857 g/mol. The predicted molar refractivity (Wildman–Crippen MR) is 201 cm³/mol. The van der Waals surface area contributed by atoms with Gasteiger partial charge in [0.05, 0.1) is 24.2 Å². The zero-order chi connectivity index (χ0) is 38.8. The number of hydrogen-bond donors (Lipinski definition) is 7. The van der Waals surface area contributed by atoms with Gasteiger partial charge in [0.2, 0.25) is 23.6 Å². The summed E-state index contributed by atoms with van der Waals surface area (Å²) in [7, 11) is 0. The van der Waals surface area contributed by atoms with Gasteiger partial charge in [-0.1, -0.05) is 86.8 Å². The van der Waals surface area contributed by atoms with Crippen molar-refractivity contribution in [1.29, 1.82) is 0 Å². The minimum absolute atomic E-state index is 0.0499. The third-order valence-corrected chi connectivity index (χ3v) is 8.70. The molecule has 1 unspecified atom stereocenters. The lowest BCUT2D eigenvalue weighted by Gasteiger charge is -2.15. The Morgan fingerprint density at radius 1 is 0.481 bits per heavy atom. The molecule has 0 aromatic heterocycles. The van der Waals surface area contributed by atoms with Gasteiger partial charge < -0.3 is 46.1 Å². The van der Waals surface area contributed by atoms with E-state index in [1.165, 1.54) is 12.8 Å². The smallest absolute Gasteiger partial charge is 0.326 e. The Kier molecular flexibility index (Phi) is 31.8. The van der Waals surface area contributed by atoms with Gasteiger partial charge >= 0.3 is 17.9 Å². The minimum atomic E-state index is -1.20. The second-order valence-electron chi connectivity index (χ2n) is 12.6. The van der Waals surface area contributed by atoms with Crippen molar-refractivity contribution >= 4 is 64.1 Å². The number of carbonyl (C=O) groups is 7. The molecule has 2 atom stereocenters. The van der Waals surface area contributed by atoms with Crippen LogP contribution in [0.15, 0.2) is 0 Å². The van der Waals surface area contributed by atoms with Crippen LogP contribution in [0, 0.1) is 0 Å². The van der Waals surface area contributed by atoms with E-state index in [9.17, 15) is 43.8 Å². The molecule has 0 aliphatic heterocycles. The molecule has 0 aliphatic carbocycles. The van der Waals surface area contributed by atoms with Gasteiger partial charge in [-0.3, -0.25) is 24.0 Å². The van der Waals surface area contributed by atoms with Crippen molar-refractivity contribution in [1.82, 2.24) is 21.3 Å². The van der Waals surface area contributed by atoms with Gasteiger partial charge in [0.25, 0.3) is 0 Å². The fourth-order valence-electron chi connectivity index (χ4n) is 5.11. The molecular weight excluding hydrogens is 795 g/mol. The maximum absolute atomic E-state index is 12.3. The molecule has 0 bridgehead atoms. The second kappa shape index (κ2) is 33.8. The topological polar surface area (TPSA) is 247 Å². The molecule has 0 radical (unpaired) electrons. The van der Waals surface area contributed by atoms with Crippen molar-refractivity contribution in [3.05, 3.63) is 0 Å². The molecule has 52 heavy (non-hydrogen) atoms. The monoisotopic (exact) mass is 856 g/mol. The summed E-state index contributed by atoms with van der Waals surface area (Å²) in [5.41, 5.74) is 0. The largest absolute Gasteiger partial charge is 0.481 e. The van der Waals surface area contributed by atoms with Gasteiger partial charge in [0.15, 0.2) is 0 Å². The molecule has 16 nitrogen and oxygen atoms in total. The highest BCUT2D eigenvalue weighted by atomic mass is 127. The van der Waals surface area contributed by atoms with E-state index >= 15 is 0 Å². The Bertz CT molecular complexity index is 1050. The summed E-state index contributed by atoms with van der Waals surface area (Å²) in [5.74, 6) is -4.50. The van der Waals surface area contributed by atoms with E-state index in [1.54, 1.807) is 0 Å². The van der Waals surface area contributed by atoms with Crippen LogP contribution in [-0.2, 0) is 43.0 Å². The lowest BCUT2D eigenvalue weighted by molar-refractivity contribution is -0.143. The molecule has 0 saturated carbocycles. The van der Waals surface area contributed by atoms with Crippen LogP contribution in [0.5, 0.6) is 0 Å². The minimum Gasteiger partial charge on any atom is -0.481 e. The molecule has 0 saturated heterocycles. The Morgan fingerprint density at radius 3 is 1.54 bits per heavy atom. The molecule has 0 spiro atoms. The van der Waals surface area contributed by atoms with Gasteiger partial charge in [-0.25, -0.2) is 9.59 Å². The fourth-order valence-corrected chi connectivity index (χ4v) is 5.38. The van der Waals surface area contributed by atoms with E-state index in [-0.39, 0.29) is 82.8 Å². The highest BCUT2D eigenvalue weighted by molar-refractivity contribution is 14.1. The number of hydrogen-bond acceptors (Lipinski definition) is 9. The summed E-state index contributed by atoms with van der Waals surface area (Å²) in [6.45, 7) is 0.600. The molecule has 300 valence electrons. The summed E-state index contributed by atoms with van der Waals surface area (Å²) in [4.78, 5) is 81.2. The first-order chi connectivity index (χ1) is 25.0. The molecule has 0 aliphatic rings. The SMILES string of the molecule is O=C(O)CCCCCCCCCCCCCCC(=O)NC(CCC(=O)NCCOCCOCC(=O)N[C@@H](CCCCNC(=O)CI)C(=O)O)C(=O)O. The number of ether oxygens (including phenoxy) is 2. The van der Waals surface area contributed by atoms with Gasteiger partial charge in [-0.15, -0.1) is 0 Å². The summed E-state index contributed by atoms with van der Waals surface area (Å²) < 4.78 is 10.9. The zero-order valence-electron chi connectivity index (χ0n) is 30.4. The lowest BCUT2D eigenvalue weighted by Crippen LogP contribution is -2.42. The first-order valence-electron chi connectivity index (χ1n) is 18.5. The van der Waals surface area contributed by atoms with Gasteiger partial charge in [0, 0.05) is 32.4 Å². The molecular formula is C35H61IN4O12. The molecule has 7 N–H and O–H groups in total. The number of carboxylic acid groups (broad SMARTS) is 3. The Balaban J connectivity index is 3.87. The molecule has 0 fully saturated rings. The Morgan fingerprint density at radius 2 is 0.981 bits per heavy atom. The van der Waals surface area contributed by atoms with Crippen molar-refractivity contribution in [2.75, 3.05) is 43.9 Å². The van der Waals surface area contributed by atoms with Gasteiger partial charge in [-0.05, 0) is 38.5 Å². The highest BCUT2D eigenvalue weighted by Crippen LogP contribution is 2.13. The maximum Gasteiger partial charge on any atom is 0.326 e. The van der Waals surface area contributed by atoms with E-state index in [2.05, 4.69) is 21.3 Å². The number of aliphatic carboxylic acids is 3. The van der Waals surface area contributed by atoms with Crippen LogP contribution in [-0.4, -0.2) is 113 Å². The van der Waals surface area contributed by atoms with Crippen molar-refractivity contribution in [3.63, 3.8) is 0 Å². The van der Waals surface area contributed by atoms with Crippen LogP contribution in [0.4, 0.5) is 0 Å². The fraction of sp³-hybridized carbons (Fsp3) is 0.800. The second-order valence-corrected chi connectivity index (χ2v) is 13.3. The van der Waals surface area contributed by atoms with Crippen LogP contribution in [0.1, 0.15) is 122 Å². The Labute approximate surface area is 320 Å². The zero-order valence-corrected chi connectivity index (χ0v) is 32.6. The van der Waals surface area contributed by atoms with E-state index in [0.29, 0.717) is 30.2 Å². The summed E-state index contributed by atoms with van der Waals surface area (Å²) in [6, 6.07) is -2.22. The number of rotatable bonds is 36. The average Bonchev–Trinajstić information content (AvgIpc) is 3.10. The molecule has 0 rings (SSSR count). The number of alkyl halides is 1. The van der Waals surface area contributed by atoms with Crippen molar-refractivity contribution in [3.8, 4) is 0 Å². The van der Waals surface area contributed by atoms with E-state index in [0.717, 1.165) is 57.8 Å². The standard InChI is InChI=1S/C35H61IN4O12/c36-25-31(43)37-20-14-13-15-27(34(47)48)40-32(44)26-52-24-23-51-22-21-38-29(41)19-18-28(35(49)50)39-30(42)16-11-9-7-5-3-1-2-4-6-8-10-12-17-33(45)46/h27-28H,1-26H2,(H,37,43)(H,38,41)(H,39,42)(H,40,44)(H,45,46)(H,47,48)(H,49,50)/t27-,28?/m0/s1. The molecule has 17 heteroatoms. The number of unbranched alkanes of at least 4 members (excludes halogenated alkanes) is 12. The summed E-state index contributed by atoms with van der Waals surface area (Å²) in [6.07, 6.45) is 13.9. The lowest BCUT2D eigenvalue weighted by atomic mass is 10.0. The number of carbonyl (C=O) groups excluding carboxylic acids is 4. The Hall–Kier alpha value is -3.06. The van der Waals surface area contributed by atoms with Crippen molar-refractivity contribution < 1.29 is 58.4 Å². The first kappa shape index (κ1) is 48.9. The molecule has 0 aromatic rings. The highest BCUT2D eigenvalue weighted by Gasteiger charge is 2.21. The quantitative estimate of drug-likeness (QED) is 0.0273. The van der Waals surface area contributed by atoms with E-state index < -0.39 is 35.9 Å². The molecule has 0 aromatic carbocycles. The molecule has 0 heterocycles. The first-order valence-corrected chi connectivity index (χ1v) is 20.0. The van der Waals surface area contributed by atoms with E-state index in [4.69, 9.17) is 14.6 Å². The number of halogens is 1. The van der Waals surface area contributed by atoms with Crippen molar-refractivity contribution in [2.45, 2.75) is 134 Å². The number of amides is 4. The van der Waals surface area contributed by atoms with Gasteiger partial charge in [-0.2, -0.15) is 0 Å². The number of carboxylic acids is 3. The van der Waals surface area contributed by atoms with Crippen LogP contribution >= 0.6 is 22.6 Å². The predicted octanol–water partition coefficient (Wildman–Crippen LogP) is 3.32. The van der Waals surface area contributed by atoms with Crippen LogP contribution < -0.4 is 21.3 Å². The third-order valence-electron chi connectivity index (χ3n) is 8.01.